The van der Waals surface area contributed by atoms with E-state index in [2.05, 4.69) is 0 Å². The Hall–Kier alpha value is -1.75. The first-order chi connectivity index (χ1) is 13.5. The number of likely N-dealkylation sites (tertiary alicyclic amines) is 2. The van der Waals surface area contributed by atoms with Crippen molar-refractivity contribution in [3.05, 3.63) is 28.8 Å². The number of hydrogen-bond donors (Lipinski definition) is 0. The maximum absolute atomic E-state index is 13.2. The number of benzene rings is 1. The molecule has 1 unspecified atom stereocenters. The topological polar surface area (TPSA) is 49.9 Å². The van der Waals surface area contributed by atoms with Crippen LogP contribution in [-0.4, -0.2) is 54.9 Å². The quantitative estimate of drug-likeness (QED) is 0.745. The molecule has 2 amide bonds. The predicted molar refractivity (Wildman–Crippen MR) is 109 cm³/mol. The maximum atomic E-state index is 13.2. The molecule has 152 valence electrons. The molecule has 4 rings (SSSR count). The van der Waals surface area contributed by atoms with E-state index in [4.69, 9.17) is 16.3 Å². The van der Waals surface area contributed by atoms with Gasteiger partial charge in [-0.3, -0.25) is 9.59 Å². The summed E-state index contributed by atoms with van der Waals surface area (Å²) in [5.74, 6) is 1.24. The van der Waals surface area contributed by atoms with Crippen LogP contribution in [0.5, 0.6) is 5.75 Å². The molecule has 1 saturated carbocycles. The van der Waals surface area contributed by atoms with Gasteiger partial charge in [-0.05, 0) is 61.6 Å². The molecule has 0 N–H and O–H groups in total. The van der Waals surface area contributed by atoms with Crippen LogP contribution in [-0.2, 0) is 4.79 Å². The van der Waals surface area contributed by atoms with Crippen LogP contribution in [0.1, 0.15) is 55.3 Å². The summed E-state index contributed by atoms with van der Waals surface area (Å²) in [7, 11) is 1.57. The van der Waals surface area contributed by atoms with E-state index in [-0.39, 0.29) is 17.2 Å². The Balaban J connectivity index is 1.45. The molecule has 1 aromatic carbocycles. The molecule has 0 aromatic heterocycles. The van der Waals surface area contributed by atoms with Crippen molar-refractivity contribution >= 4 is 23.4 Å². The number of rotatable bonds is 5. The summed E-state index contributed by atoms with van der Waals surface area (Å²) in [6.07, 6.45) is 7.28. The molecule has 1 atom stereocenters. The first-order valence-electron chi connectivity index (χ1n) is 10.4. The van der Waals surface area contributed by atoms with Crippen LogP contribution in [0.25, 0.3) is 0 Å². The second-order valence-corrected chi connectivity index (χ2v) is 9.01. The minimum absolute atomic E-state index is 0.0148. The molecule has 2 aliphatic heterocycles. The van der Waals surface area contributed by atoms with Gasteiger partial charge in [0, 0.05) is 37.6 Å². The zero-order valence-corrected chi connectivity index (χ0v) is 17.3. The van der Waals surface area contributed by atoms with Gasteiger partial charge >= 0.3 is 0 Å². The van der Waals surface area contributed by atoms with Crippen LogP contribution in [0, 0.1) is 11.3 Å². The van der Waals surface area contributed by atoms with E-state index < -0.39 is 0 Å². The minimum atomic E-state index is -0.0148. The molecule has 1 aromatic rings. The van der Waals surface area contributed by atoms with E-state index in [1.165, 1.54) is 6.42 Å². The number of ether oxygens (including phenoxy) is 1. The first-order valence-corrected chi connectivity index (χ1v) is 10.8. The number of hydrogen-bond acceptors (Lipinski definition) is 3. The summed E-state index contributed by atoms with van der Waals surface area (Å²) in [5, 5.41) is 0.537. The zero-order valence-electron chi connectivity index (χ0n) is 16.6. The Bertz CT molecular complexity index is 756. The van der Waals surface area contributed by atoms with Crippen LogP contribution in [0.4, 0.5) is 0 Å². The van der Waals surface area contributed by atoms with Gasteiger partial charge in [-0.15, -0.1) is 0 Å². The molecule has 2 heterocycles. The second-order valence-electron chi connectivity index (χ2n) is 8.57. The van der Waals surface area contributed by atoms with E-state index in [1.807, 2.05) is 9.80 Å². The number of amides is 2. The number of nitrogens with zero attached hydrogens (tertiary/aromatic N) is 2. The fourth-order valence-electron chi connectivity index (χ4n) is 5.22. The van der Waals surface area contributed by atoms with Gasteiger partial charge in [-0.1, -0.05) is 18.0 Å². The number of carbonyl (C=O) groups is 2. The van der Waals surface area contributed by atoms with Gasteiger partial charge in [-0.25, -0.2) is 0 Å². The molecular formula is C22H29ClN2O3. The molecule has 5 nitrogen and oxygen atoms in total. The highest BCUT2D eigenvalue weighted by Crippen LogP contribution is 2.53. The average Bonchev–Trinajstić information content (AvgIpc) is 3.33. The lowest BCUT2D eigenvalue weighted by Crippen LogP contribution is -2.39. The molecule has 2 saturated heterocycles. The minimum Gasteiger partial charge on any atom is -0.496 e. The van der Waals surface area contributed by atoms with Crippen LogP contribution >= 0.6 is 11.6 Å². The standard InChI is InChI=1S/C22H29ClN2O3/c1-28-19-7-6-17(23)13-18(19)21(27)25-14-16(22(15-25)9-4-10-22)5-8-20(26)24-11-2-3-12-24/h6-7,13,16H,2-5,8-12,14-15H2,1H3. The van der Waals surface area contributed by atoms with Crippen LogP contribution < -0.4 is 4.74 Å². The molecule has 6 heteroatoms. The molecule has 28 heavy (non-hydrogen) atoms. The largest absolute Gasteiger partial charge is 0.496 e. The van der Waals surface area contributed by atoms with Gasteiger partial charge in [-0.2, -0.15) is 0 Å². The molecule has 0 radical (unpaired) electrons. The third-order valence-corrected chi connectivity index (χ3v) is 7.24. The first kappa shape index (κ1) is 19.6. The lowest BCUT2D eigenvalue weighted by Gasteiger charge is -2.43. The number of carbonyl (C=O) groups excluding carboxylic acids is 2. The van der Waals surface area contributed by atoms with Crippen molar-refractivity contribution in [2.75, 3.05) is 33.3 Å². The summed E-state index contributed by atoms with van der Waals surface area (Å²) >= 11 is 6.13. The Morgan fingerprint density at radius 2 is 1.93 bits per heavy atom. The molecule has 1 spiro atoms. The Labute approximate surface area is 172 Å². The normalized spacial score (nSPS) is 23.1. The molecule has 3 aliphatic rings. The highest BCUT2D eigenvalue weighted by atomic mass is 35.5. The van der Waals surface area contributed by atoms with E-state index in [9.17, 15) is 9.59 Å². The average molecular weight is 405 g/mol. The fraction of sp³-hybridized carbons (Fsp3) is 0.636. The van der Waals surface area contributed by atoms with Gasteiger partial charge in [0.25, 0.3) is 5.91 Å². The third-order valence-electron chi connectivity index (χ3n) is 7.01. The fourth-order valence-corrected chi connectivity index (χ4v) is 5.40. The molecule has 0 bridgehead atoms. The van der Waals surface area contributed by atoms with Gasteiger partial charge in [0.05, 0.1) is 12.7 Å². The van der Waals surface area contributed by atoms with Crippen LogP contribution in [0.3, 0.4) is 0 Å². The summed E-state index contributed by atoms with van der Waals surface area (Å²) in [6.45, 7) is 3.33. The SMILES string of the molecule is COc1ccc(Cl)cc1C(=O)N1CC(CCC(=O)N2CCCC2)C2(CCC2)C1. The molecular weight excluding hydrogens is 376 g/mol. The maximum Gasteiger partial charge on any atom is 0.257 e. The Morgan fingerprint density at radius 1 is 1.18 bits per heavy atom. The number of halogens is 1. The van der Waals surface area contributed by atoms with Gasteiger partial charge < -0.3 is 14.5 Å². The lowest BCUT2D eigenvalue weighted by molar-refractivity contribution is -0.130. The van der Waals surface area contributed by atoms with E-state index >= 15 is 0 Å². The van der Waals surface area contributed by atoms with Crippen LogP contribution in [0.2, 0.25) is 5.02 Å². The Morgan fingerprint density at radius 3 is 2.57 bits per heavy atom. The highest BCUT2D eigenvalue weighted by Gasteiger charge is 2.51. The Kier molecular flexibility index (Phi) is 5.55. The van der Waals surface area contributed by atoms with E-state index in [0.29, 0.717) is 28.7 Å². The zero-order chi connectivity index (χ0) is 19.7. The van der Waals surface area contributed by atoms with Crippen molar-refractivity contribution in [1.82, 2.24) is 9.80 Å². The predicted octanol–water partition coefficient (Wildman–Crippen LogP) is 3.99. The summed E-state index contributed by atoms with van der Waals surface area (Å²) < 4.78 is 5.38. The third kappa shape index (κ3) is 3.61. The highest BCUT2D eigenvalue weighted by molar-refractivity contribution is 6.31. The van der Waals surface area contributed by atoms with Gasteiger partial charge in [0.15, 0.2) is 0 Å². The van der Waals surface area contributed by atoms with E-state index in [1.54, 1.807) is 25.3 Å². The van der Waals surface area contributed by atoms with Crippen molar-refractivity contribution in [3.63, 3.8) is 0 Å². The van der Waals surface area contributed by atoms with Crippen molar-refractivity contribution in [2.24, 2.45) is 11.3 Å². The van der Waals surface area contributed by atoms with Crippen molar-refractivity contribution < 1.29 is 14.3 Å². The lowest BCUT2D eigenvalue weighted by atomic mass is 9.62. The van der Waals surface area contributed by atoms with Crippen molar-refractivity contribution in [3.8, 4) is 5.75 Å². The van der Waals surface area contributed by atoms with E-state index in [0.717, 1.165) is 58.3 Å². The molecule has 3 fully saturated rings. The number of methoxy groups -OCH3 is 1. The molecule has 1 aliphatic carbocycles. The van der Waals surface area contributed by atoms with Gasteiger partial charge in [0.1, 0.15) is 5.75 Å². The van der Waals surface area contributed by atoms with Crippen LogP contribution in [0.15, 0.2) is 18.2 Å². The smallest absolute Gasteiger partial charge is 0.257 e. The van der Waals surface area contributed by atoms with Gasteiger partial charge in [0.2, 0.25) is 5.91 Å². The monoisotopic (exact) mass is 404 g/mol. The van der Waals surface area contributed by atoms with Crippen molar-refractivity contribution in [1.29, 1.82) is 0 Å². The van der Waals surface area contributed by atoms with Crippen molar-refractivity contribution in [2.45, 2.75) is 44.9 Å². The summed E-state index contributed by atoms with van der Waals surface area (Å²) in [4.78, 5) is 29.7. The summed E-state index contributed by atoms with van der Waals surface area (Å²) in [5.41, 5.74) is 0.727. The summed E-state index contributed by atoms with van der Waals surface area (Å²) in [6, 6.07) is 5.18. The second kappa shape index (κ2) is 7.94.